The molecule has 5 heteroatoms. The number of nitrogens with zero attached hydrogens (tertiary/aromatic N) is 1. The highest BCUT2D eigenvalue weighted by Crippen LogP contribution is 2.30. The van der Waals surface area contributed by atoms with Crippen molar-refractivity contribution in [1.82, 2.24) is 10.4 Å². The average Bonchev–Trinajstić information content (AvgIpc) is 2.72. The van der Waals surface area contributed by atoms with Crippen LogP contribution in [0.4, 0.5) is 0 Å². The summed E-state index contributed by atoms with van der Waals surface area (Å²) >= 11 is 0. The highest BCUT2D eigenvalue weighted by atomic mass is 16.6. The molecule has 3 rings (SSSR count). The van der Waals surface area contributed by atoms with Crippen LogP contribution in [0.5, 0.6) is 0 Å². The number of rotatable bonds is 8. The number of likely N-dealkylation sites (tertiary alicyclic amines) is 1. The molecule has 1 heterocycles. The highest BCUT2D eigenvalue weighted by Gasteiger charge is 2.26. The number of hydrogen-bond donors (Lipinski definition) is 1. The molecule has 1 fully saturated rings. The molecule has 148 valence electrons. The maximum Gasteiger partial charge on any atom is 0.310 e. The molecule has 0 saturated carbocycles. The summed E-state index contributed by atoms with van der Waals surface area (Å²) in [7, 11) is 0. The molecule has 5 nitrogen and oxygen atoms in total. The zero-order valence-corrected chi connectivity index (χ0v) is 16.4. The molecule has 1 N–H and O–H groups in total. The van der Waals surface area contributed by atoms with Gasteiger partial charge in [0.05, 0.1) is 19.1 Å². The summed E-state index contributed by atoms with van der Waals surface area (Å²) in [6.45, 7) is 5.57. The predicted octanol–water partition coefficient (Wildman–Crippen LogP) is 3.77. The number of carbonyl (C=O) groups excluding carboxylic acids is 1. The van der Waals surface area contributed by atoms with Crippen LogP contribution < -0.4 is 5.48 Å². The number of hydrogen-bond acceptors (Lipinski definition) is 5. The summed E-state index contributed by atoms with van der Waals surface area (Å²) in [6, 6.07) is 10.6. The van der Waals surface area contributed by atoms with Gasteiger partial charge in [-0.3, -0.25) is 15.1 Å². The summed E-state index contributed by atoms with van der Waals surface area (Å²) in [5.74, 6) is -0.0431. The molecular formula is C22H32N2O3. The summed E-state index contributed by atoms with van der Waals surface area (Å²) in [4.78, 5) is 20.1. The molecule has 0 aromatic heterocycles. The van der Waals surface area contributed by atoms with Crippen LogP contribution in [0.25, 0.3) is 5.57 Å². The Morgan fingerprint density at radius 1 is 1.19 bits per heavy atom. The molecule has 1 aromatic carbocycles. The number of hydroxylamine groups is 1. The van der Waals surface area contributed by atoms with Gasteiger partial charge < -0.3 is 9.64 Å². The molecule has 0 spiro atoms. The lowest BCUT2D eigenvalue weighted by Crippen LogP contribution is -2.41. The zero-order chi connectivity index (χ0) is 18.9. The predicted molar refractivity (Wildman–Crippen MR) is 107 cm³/mol. The fourth-order valence-electron chi connectivity index (χ4n) is 4.00. The van der Waals surface area contributed by atoms with E-state index in [9.17, 15) is 4.79 Å². The smallest absolute Gasteiger partial charge is 0.310 e. The Morgan fingerprint density at radius 2 is 2.00 bits per heavy atom. The second-order valence-electron chi connectivity index (χ2n) is 7.37. The fourth-order valence-corrected chi connectivity index (χ4v) is 4.00. The largest absolute Gasteiger partial charge is 0.466 e. The van der Waals surface area contributed by atoms with E-state index in [2.05, 4.69) is 40.7 Å². The number of esters is 1. The minimum atomic E-state index is -0.0545. The van der Waals surface area contributed by atoms with E-state index in [1.807, 2.05) is 6.92 Å². The van der Waals surface area contributed by atoms with Crippen LogP contribution >= 0.6 is 0 Å². The quantitative estimate of drug-likeness (QED) is 0.428. The van der Waals surface area contributed by atoms with Crippen molar-refractivity contribution in [3.05, 3.63) is 41.6 Å². The monoisotopic (exact) mass is 372 g/mol. The van der Waals surface area contributed by atoms with Gasteiger partial charge in [0.15, 0.2) is 0 Å². The van der Waals surface area contributed by atoms with Gasteiger partial charge in [-0.2, -0.15) is 0 Å². The summed E-state index contributed by atoms with van der Waals surface area (Å²) in [5, 5.41) is 0. The van der Waals surface area contributed by atoms with E-state index in [0.717, 1.165) is 45.3 Å². The Balaban J connectivity index is 1.46. The topological polar surface area (TPSA) is 50.8 Å². The van der Waals surface area contributed by atoms with E-state index in [0.29, 0.717) is 13.2 Å². The van der Waals surface area contributed by atoms with Crippen molar-refractivity contribution in [3.8, 4) is 0 Å². The molecule has 0 unspecified atom stereocenters. The van der Waals surface area contributed by atoms with Gasteiger partial charge in [-0.1, -0.05) is 30.3 Å². The van der Waals surface area contributed by atoms with E-state index >= 15 is 0 Å². The average molecular weight is 373 g/mol. The normalized spacial score (nSPS) is 21.1. The van der Waals surface area contributed by atoms with E-state index in [1.165, 1.54) is 29.7 Å². The summed E-state index contributed by atoms with van der Waals surface area (Å²) in [6.07, 6.45) is 6.55. The first-order valence-corrected chi connectivity index (χ1v) is 10.3. The van der Waals surface area contributed by atoms with Crippen molar-refractivity contribution >= 4 is 11.5 Å². The second-order valence-corrected chi connectivity index (χ2v) is 7.37. The number of benzene rings is 1. The highest BCUT2D eigenvalue weighted by molar-refractivity contribution is 5.72. The molecule has 0 radical (unpaired) electrons. The molecule has 1 aromatic rings. The third-order valence-electron chi connectivity index (χ3n) is 5.42. The number of carbonyl (C=O) groups is 1. The maximum atomic E-state index is 12.0. The Kier molecular flexibility index (Phi) is 7.72. The Bertz CT molecular complexity index is 630. The van der Waals surface area contributed by atoms with Crippen LogP contribution in [0.2, 0.25) is 0 Å². The van der Waals surface area contributed by atoms with E-state index < -0.39 is 0 Å². The first-order valence-electron chi connectivity index (χ1n) is 10.3. The standard InChI is InChI=1S/C22H32N2O3/c1-2-26-22(25)19-11-8-14-24(17-19)15-16-27-23-21-13-7-6-12-20(21)18-9-4-3-5-10-18/h3-5,9-10,19,23H,2,6-8,11-17H2,1H3/t19-/m1/s1. The van der Waals surface area contributed by atoms with Gasteiger partial charge in [-0.25, -0.2) is 0 Å². The lowest BCUT2D eigenvalue weighted by atomic mass is 9.91. The number of allylic oxidation sites excluding steroid dienone is 2. The van der Waals surface area contributed by atoms with Crippen LogP contribution in [0.3, 0.4) is 0 Å². The number of piperidine rings is 1. The van der Waals surface area contributed by atoms with Gasteiger partial charge >= 0.3 is 5.97 Å². The third-order valence-corrected chi connectivity index (χ3v) is 5.42. The minimum Gasteiger partial charge on any atom is -0.466 e. The molecule has 0 amide bonds. The molecule has 1 saturated heterocycles. The number of ether oxygens (including phenoxy) is 1. The minimum absolute atomic E-state index is 0.0115. The van der Waals surface area contributed by atoms with Crippen LogP contribution in [0.1, 0.15) is 51.0 Å². The van der Waals surface area contributed by atoms with E-state index in [4.69, 9.17) is 9.57 Å². The van der Waals surface area contributed by atoms with Gasteiger partial charge in [0.25, 0.3) is 0 Å². The van der Waals surface area contributed by atoms with Gasteiger partial charge in [-0.05, 0) is 63.1 Å². The van der Waals surface area contributed by atoms with Crippen LogP contribution in [0, 0.1) is 5.92 Å². The van der Waals surface area contributed by atoms with Crippen molar-refractivity contribution in [3.63, 3.8) is 0 Å². The van der Waals surface area contributed by atoms with Crippen molar-refractivity contribution in [2.45, 2.75) is 45.4 Å². The second kappa shape index (κ2) is 10.5. The molecule has 27 heavy (non-hydrogen) atoms. The maximum absolute atomic E-state index is 12.0. The lowest BCUT2D eigenvalue weighted by molar-refractivity contribution is -0.150. The first kappa shape index (κ1) is 19.9. The molecule has 1 aliphatic carbocycles. The third kappa shape index (κ3) is 5.81. The Hall–Kier alpha value is -1.85. The summed E-state index contributed by atoms with van der Waals surface area (Å²) in [5.41, 5.74) is 7.11. The Morgan fingerprint density at radius 3 is 2.81 bits per heavy atom. The first-order chi connectivity index (χ1) is 13.3. The van der Waals surface area contributed by atoms with Crippen molar-refractivity contribution in [2.75, 3.05) is 32.8 Å². The lowest BCUT2D eigenvalue weighted by Gasteiger charge is -2.31. The number of nitrogens with one attached hydrogen (secondary N) is 1. The van der Waals surface area contributed by atoms with Gasteiger partial charge in [0.2, 0.25) is 0 Å². The molecule has 2 aliphatic rings. The van der Waals surface area contributed by atoms with Crippen molar-refractivity contribution in [2.24, 2.45) is 5.92 Å². The molecule has 0 bridgehead atoms. The molecular weight excluding hydrogens is 340 g/mol. The Labute approximate surface area is 162 Å². The van der Waals surface area contributed by atoms with E-state index in [1.54, 1.807) is 0 Å². The summed E-state index contributed by atoms with van der Waals surface area (Å²) < 4.78 is 5.17. The van der Waals surface area contributed by atoms with Crippen LogP contribution in [0.15, 0.2) is 36.0 Å². The van der Waals surface area contributed by atoms with Gasteiger partial charge in [0.1, 0.15) is 0 Å². The van der Waals surface area contributed by atoms with Crippen molar-refractivity contribution < 1.29 is 14.4 Å². The van der Waals surface area contributed by atoms with Crippen molar-refractivity contribution in [1.29, 1.82) is 0 Å². The van der Waals surface area contributed by atoms with Gasteiger partial charge in [0, 0.05) is 18.8 Å². The van der Waals surface area contributed by atoms with E-state index in [-0.39, 0.29) is 11.9 Å². The zero-order valence-electron chi connectivity index (χ0n) is 16.4. The fraction of sp³-hybridized carbons (Fsp3) is 0.591. The molecule has 1 aliphatic heterocycles. The van der Waals surface area contributed by atoms with Gasteiger partial charge in [-0.15, -0.1) is 0 Å². The SMILES string of the molecule is CCOC(=O)[C@@H]1CCCN(CCONC2=C(c3ccccc3)CCCC2)C1. The van der Waals surface area contributed by atoms with Crippen LogP contribution in [-0.4, -0.2) is 43.7 Å². The van der Waals surface area contributed by atoms with Crippen LogP contribution in [-0.2, 0) is 14.4 Å². The molecule has 1 atom stereocenters.